The predicted molar refractivity (Wildman–Crippen MR) is 66.5 cm³/mol. The van der Waals surface area contributed by atoms with Gasteiger partial charge >= 0.3 is 6.18 Å². The van der Waals surface area contributed by atoms with Gasteiger partial charge in [0.2, 0.25) is 0 Å². The molecule has 19 heavy (non-hydrogen) atoms. The summed E-state index contributed by atoms with van der Waals surface area (Å²) in [6.45, 7) is 0. The van der Waals surface area contributed by atoms with Crippen molar-refractivity contribution in [1.29, 1.82) is 0 Å². The van der Waals surface area contributed by atoms with E-state index in [0.29, 0.717) is 5.56 Å². The van der Waals surface area contributed by atoms with Crippen molar-refractivity contribution in [3.05, 3.63) is 54.5 Å². The molecule has 0 unspecified atom stereocenters. The van der Waals surface area contributed by atoms with Gasteiger partial charge in [0.05, 0.1) is 0 Å². The second-order valence-electron chi connectivity index (χ2n) is 4.21. The van der Waals surface area contributed by atoms with Crippen LogP contribution in [0.3, 0.4) is 0 Å². The van der Waals surface area contributed by atoms with Crippen molar-refractivity contribution >= 4 is 10.9 Å². The van der Waals surface area contributed by atoms with Gasteiger partial charge in [-0.1, -0.05) is 12.1 Å². The van der Waals surface area contributed by atoms with Crippen molar-refractivity contribution in [2.24, 2.45) is 0 Å². The molecule has 2 aromatic heterocycles. The lowest BCUT2D eigenvalue weighted by atomic mass is 10.1. The van der Waals surface area contributed by atoms with E-state index in [4.69, 9.17) is 0 Å². The first kappa shape index (κ1) is 11.8. The summed E-state index contributed by atoms with van der Waals surface area (Å²) in [5.74, 6) is 0. The van der Waals surface area contributed by atoms with Crippen LogP contribution in [0.15, 0.2) is 48.8 Å². The molecule has 0 radical (unpaired) electrons. The van der Waals surface area contributed by atoms with Gasteiger partial charge in [-0.05, 0) is 35.2 Å². The van der Waals surface area contributed by atoms with Crippen LogP contribution in [0.1, 0.15) is 5.69 Å². The molecule has 0 spiro atoms. The lowest BCUT2D eigenvalue weighted by molar-refractivity contribution is -0.141. The highest BCUT2D eigenvalue weighted by atomic mass is 19.4. The summed E-state index contributed by atoms with van der Waals surface area (Å²) in [5, 5.41) is 1.01. The smallest absolute Gasteiger partial charge is 0.361 e. The molecule has 1 aromatic carbocycles. The third-order valence-corrected chi connectivity index (χ3v) is 2.94. The van der Waals surface area contributed by atoms with E-state index in [2.05, 4.69) is 9.97 Å². The van der Waals surface area contributed by atoms with Gasteiger partial charge in [-0.2, -0.15) is 13.2 Å². The zero-order chi connectivity index (χ0) is 13.5. The van der Waals surface area contributed by atoms with Crippen LogP contribution in [0.5, 0.6) is 0 Å². The van der Waals surface area contributed by atoms with E-state index in [1.165, 1.54) is 12.3 Å². The number of alkyl halides is 3. The molecule has 0 aliphatic carbocycles. The van der Waals surface area contributed by atoms with Gasteiger partial charge in [0.15, 0.2) is 0 Å². The number of fused-ring (bicyclic) bond motifs is 1. The fourth-order valence-corrected chi connectivity index (χ4v) is 1.97. The molecular formula is C14H9F3N2. The van der Waals surface area contributed by atoms with E-state index in [-0.39, 0.29) is 0 Å². The van der Waals surface area contributed by atoms with E-state index < -0.39 is 11.9 Å². The molecule has 3 aromatic rings. The van der Waals surface area contributed by atoms with Gasteiger partial charge in [0.25, 0.3) is 0 Å². The first-order valence-electron chi connectivity index (χ1n) is 5.65. The van der Waals surface area contributed by atoms with Gasteiger partial charge in [-0.3, -0.25) is 4.98 Å². The minimum absolute atomic E-state index is 0.663. The topological polar surface area (TPSA) is 28.7 Å². The molecule has 5 heteroatoms. The summed E-state index contributed by atoms with van der Waals surface area (Å²) in [6.07, 6.45) is -1.33. The lowest BCUT2D eigenvalue weighted by Gasteiger charge is -2.06. The highest BCUT2D eigenvalue weighted by Gasteiger charge is 2.32. The Morgan fingerprint density at radius 1 is 0.947 bits per heavy atom. The third kappa shape index (κ3) is 2.19. The standard InChI is InChI=1S/C14H9F3N2/c15-14(16,17)13-4-2-11(8-19-13)9-1-3-12-10(7-9)5-6-18-12/h1-8,18H. The van der Waals surface area contributed by atoms with Crippen molar-refractivity contribution in [1.82, 2.24) is 9.97 Å². The number of nitrogens with zero attached hydrogens (tertiary/aromatic N) is 1. The van der Waals surface area contributed by atoms with Crippen molar-refractivity contribution in [3.63, 3.8) is 0 Å². The Labute approximate surface area is 106 Å². The summed E-state index contributed by atoms with van der Waals surface area (Å²) in [6, 6.07) is 10.00. The summed E-state index contributed by atoms with van der Waals surface area (Å²) in [5.41, 5.74) is 1.62. The molecular weight excluding hydrogens is 253 g/mol. The number of aromatic amines is 1. The zero-order valence-corrected chi connectivity index (χ0v) is 9.70. The summed E-state index contributed by atoms with van der Waals surface area (Å²) >= 11 is 0. The fourth-order valence-electron chi connectivity index (χ4n) is 1.97. The first-order valence-corrected chi connectivity index (χ1v) is 5.65. The SMILES string of the molecule is FC(F)(F)c1ccc(-c2ccc3[nH]ccc3c2)cn1. The van der Waals surface area contributed by atoms with Crippen molar-refractivity contribution in [2.75, 3.05) is 0 Å². The number of pyridine rings is 1. The number of rotatable bonds is 1. The highest BCUT2D eigenvalue weighted by Crippen LogP contribution is 2.29. The zero-order valence-electron chi connectivity index (χ0n) is 9.70. The normalized spacial score (nSPS) is 11.9. The molecule has 0 atom stereocenters. The molecule has 0 fully saturated rings. The Morgan fingerprint density at radius 3 is 2.42 bits per heavy atom. The molecule has 1 N–H and O–H groups in total. The summed E-state index contributed by atoms with van der Waals surface area (Å²) < 4.78 is 37.3. The van der Waals surface area contributed by atoms with Gasteiger partial charge < -0.3 is 4.98 Å². The third-order valence-electron chi connectivity index (χ3n) is 2.94. The Kier molecular flexibility index (Phi) is 2.55. The number of aromatic nitrogens is 2. The Bertz CT molecular complexity index is 711. The average molecular weight is 262 g/mol. The van der Waals surface area contributed by atoms with Crippen molar-refractivity contribution < 1.29 is 13.2 Å². The quantitative estimate of drug-likeness (QED) is 0.697. The van der Waals surface area contributed by atoms with Crippen LogP contribution in [0.4, 0.5) is 13.2 Å². The number of hydrogen-bond acceptors (Lipinski definition) is 1. The van der Waals surface area contributed by atoms with E-state index in [1.807, 2.05) is 30.5 Å². The Hall–Kier alpha value is -2.30. The maximum absolute atomic E-state index is 12.4. The summed E-state index contributed by atoms with van der Waals surface area (Å²) in [7, 11) is 0. The van der Waals surface area contributed by atoms with Gasteiger partial charge in [0.1, 0.15) is 5.69 Å². The number of halogens is 3. The van der Waals surface area contributed by atoms with Crippen molar-refractivity contribution in [2.45, 2.75) is 6.18 Å². The van der Waals surface area contributed by atoms with Gasteiger partial charge in [-0.15, -0.1) is 0 Å². The number of hydrogen-bond donors (Lipinski definition) is 1. The van der Waals surface area contributed by atoms with Crippen LogP contribution >= 0.6 is 0 Å². The monoisotopic (exact) mass is 262 g/mol. The number of benzene rings is 1. The Morgan fingerprint density at radius 2 is 1.74 bits per heavy atom. The molecule has 2 nitrogen and oxygen atoms in total. The largest absolute Gasteiger partial charge is 0.433 e. The average Bonchev–Trinajstić information content (AvgIpc) is 2.85. The first-order chi connectivity index (χ1) is 9.04. The molecule has 0 amide bonds. The van der Waals surface area contributed by atoms with Crippen LogP contribution in [0.25, 0.3) is 22.0 Å². The van der Waals surface area contributed by atoms with E-state index in [9.17, 15) is 13.2 Å². The molecule has 0 aliphatic heterocycles. The van der Waals surface area contributed by atoms with Crippen LogP contribution < -0.4 is 0 Å². The van der Waals surface area contributed by atoms with E-state index >= 15 is 0 Å². The molecule has 0 aliphatic rings. The molecule has 96 valence electrons. The van der Waals surface area contributed by atoms with Crippen LogP contribution in [-0.2, 0) is 6.18 Å². The maximum atomic E-state index is 12.4. The summed E-state index contributed by atoms with van der Waals surface area (Å²) in [4.78, 5) is 6.52. The lowest BCUT2D eigenvalue weighted by Crippen LogP contribution is -2.07. The molecule has 3 rings (SSSR count). The highest BCUT2D eigenvalue weighted by molar-refractivity contribution is 5.84. The minimum Gasteiger partial charge on any atom is -0.361 e. The van der Waals surface area contributed by atoms with E-state index in [0.717, 1.165) is 22.5 Å². The molecule has 2 heterocycles. The number of nitrogens with one attached hydrogen (secondary N) is 1. The second kappa shape index (κ2) is 4.12. The predicted octanol–water partition coefficient (Wildman–Crippen LogP) is 4.25. The molecule has 0 saturated carbocycles. The maximum Gasteiger partial charge on any atom is 0.433 e. The Balaban J connectivity index is 2.01. The van der Waals surface area contributed by atoms with Crippen LogP contribution in [-0.4, -0.2) is 9.97 Å². The number of H-pyrrole nitrogens is 1. The van der Waals surface area contributed by atoms with Gasteiger partial charge in [-0.25, -0.2) is 0 Å². The molecule has 0 saturated heterocycles. The van der Waals surface area contributed by atoms with E-state index in [1.54, 1.807) is 0 Å². The van der Waals surface area contributed by atoms with Gasteiger partial charge in [0, 0.05) is 23.5 Å². The molecule has 0 bridgehead atoms. The van der Waals surface area contributed by atoms with Crippen LogP contribution in [0, 0.1) is 0 Å². The minimum atomic E-state index is -4.40. The van der Waals surface area contributed by atoms with Crippen molar-refractivity contribution in [3.8, 4) is 11.1 Å². The second-order valence-corrected chi connectivity index (χ2v) is 4.21. The fraction of sp³-hybridized carbons (Fsp3) is 0.0714. The van der Waals surface area contributed by atoms with Crippen LogP contribution in [0.2, 0.25) is 0 Å².